The summed E-state index contributed by atoms with van der Waals surface area (Å²) in [7, 11) is 0. The molecule has 28 heavy (non-hydrogen) atoms. The van der Waals surface area contributed by atoms with Crippen LogP contribution in [-0.4, -0.2) is 26.7 Å². The molecule has 0 spiro atoms. The lowest BCUT2D eigenvalue weighted by atomic mass is 10.1. The summed E-state index contributed by atoms with van der Waals surface area (Å²) < 4.78 is 57.9. The Bertz CT molecular complexity index is 1060. The van der Waals surface area contributed by atoms with E-state index >= 15 is 0 Å². The molecule has 2 atom stereocenters. The van der Waals surface area contributed by atoms with Crippen LogP contribution in [0.4, 0.5) is 17.6 Å². The van der Waals surface area contributed by atoms with Gasteiger partial charge in [0.05, 0.1) is 10.7 Å². The number of H-pyrrole nitrogens is 1. The van der Waals surface area contributed by atoms with Gasteiger partial charge in [-0.1, -0.05) is 11.6 Å². The molecule has 3 rings (SSSR count). The monoisotopic (exact) mass is 422 g/mol. The van der Waals surface area contributed by atoms with Crippen molar-refractivity contribution in [2.75, 3.05) is 0 Å². The van der Waals surface area contributed by atoms with Gasteiger partial charge in [-0.3, -0.25) is 9.59 Å². The third-order valence-electron chi connectivity index (χ3n) is 4.40. The molecule has 0 amide bonds. The molecule has 2 N–H and O–H groups in total. The molecule has 1 fully saturated rings. The fourth-order valence-electron chi connectivity index (χ4n) is 2.53. The number of hydrogen-bond acceptors (Lipinski definition) is 4. The average molecular weight is 423 g/mol. The van der Waals surface area contributed by atoms with Gasteiger partial charge in [0.15, 0.2) is 0 Å². The standard InChI is InChI=1S/C16H11ClF4N2O5/c1-15(13(25)26)5-11(15)28-9-3-8(7(18)2-6(9)17)23-12(24)4-10(16(19,20)21)22-14(23)27/h2-4,11H,5H2,1H3,(H,22,27)(H,25,26). The molecule has 0 bridgehead atoms. The van der Waals surface area contributed by atoms with Crippen molar-refractivity contribution in [3.63, 3.8) is 0 Å². The van der Waals surface area contributed by atoms with Gasteiger partial charge in [0.25, 0.3) is 5.56 Å². The SMILES string of the molecule is CC1(C(=O)O)CC1Oc1cc(-n2c(=O)cc(C(F)(F)F)[nH]c2=O)c(F)cc1Cl. The second kappa shape index (κ2) is 6.36. The highest BCUT2D eigenvalue weighted by atomic mass is 35.5. The maximum absolute atomic E-state index is 14.3. The minimum Gasteiger partial charge on any atom is -0.488 e. The highest BCUT2D eigenvalue weighted by Gasteiger charge is 2.59. The lowest BCUT2D eigenvalue weighted by molar-refractivity contribution is -0.143. The molecule has 1 aliphatic rings. The molecular formula is C16H11ClF4N2O5. The molecule has 1 saturated carbocycles. The number of benzene rings is 1. The van der Waals surface area contributed by atoms with E-state index < -0.39 is 52.1 Å². The number of aromatic nitrogens is 2. The van der Waals surface area contributed by atoms with Crippen LogP contribution in [0.2, 0.25) is 5.02 Å². The van der Waals surface area contributed by atoms with Gasteiger partial charge in [0.2, 0.25) is 0 Å². The van der Waals surface area contributed by atoms with Crippen molar-refractivity contribution in [3.8, 4) is 11.4 Å². The summed E-state index contributed by atoms with van der Waals surface area (Å²) in [6.45, 7) is 1.42. The van der Waals surface area contributed by atoms with Gasteiger partial charge < -0.3 is 14.8 Å². The summed E-state index contributed by atoms with van der Waals surface area (Å²) in [5, 5.41) is 8.85. The molecule has 0 aliphatic heterocycles. The van der Waals surface area contributed by atoms with Crippen LogP contribution in [0.5, 0.6) is 5.75 Å². The number of alkyl halides is 3. The first-order chi connectivity index (χ1) is 12.8. The molecule has 0 saturated heterocycles. The molecule has 1 aromatic heterocycles. The average Bonchev–Trinajstić information content (AvgIpc) is 3.21. The first kappa shape index (κ1) is 19.9. The van der Waals surface area contributed by atoms with Gasteiger partial charge in [0, 0.05) is 18.6 Å². The highest BCUT2D eigenvalue weighted by Crippen LogP contribution is 2.49. The summed E-state index contributed by atoms with van der Waals surface area (Å²) in [6.07, 6.45) is -5.62. The Morgan fingerprint density at radius 1 is 1.36 bits per heavy atom. The third-order valence-corrected chi connectivity index (χ3v) is 4.69. The van der Waals surface area contributed by atoms with Crippen LogP contribution in [0, 0.1) is 11.2 Å². The van der Waals surface area contributed by atoms with Crippen LogP contribution < -0.4 is 16.0 Å². The van der Waals surface area contributed by atoms with E-state index in [4.69, 9.17) is 21.4 Å². The molecular weight excluding hydrogens is 412 g/mol. The van der Waals surface area contributed by atoms with Gasteiger partial charge in [-0.05, 0) is 13.0 Å². The van der Waals surface area contributed by atoms with Crippen LogP contribution >= 0.6 is 11.6 Å². The van der Waals surface area contributed by atoms with E-state index in [1.54, 1.807) is 0 Å². The molecule has 7 nitrogen and oxygen atoms in total. The van der Waals surface area contributed by atoms with Crippen molar-refractivity contribution in [1.29, 1.82) is 0 Å². The van der Waals surface area contributed by atoms with Crippen molar-refractivity contribution in [1.82, 2.24) is 9.55 Å². The minimum atomic E-state index is -4.97. The van der Waals surface area contributed by atoms with Gasteiger partial charge in [-0.2, -0.15) is 13.2 Å². The Labute approximate surface area is 158 Å². The van der Waals surface area contributed by atoms with Gasteiger partial charge in [-0.15, -0.1) is 0 Å². The number of hydrogen-bond donors (Lipinski definition) is 2. The zero-order chi connectivity index (χ0) is 21.0. The number of rotatable bonds is 4. The maximum atomic E-state index is 14.3. The normalized spacial score (nSPS) is 21.4. The number of aromatic amines is 1. The third kappa shape index (κ3) is 3.37. The molecule has 0 radical (unpaired) electrons. The van der Waals surface area contributed by atoms with Crippen molar-refractivity contribution in [2.45, 2.75) is 25.6 Å². The highest BCUT2D eigenvalue weighted by molar-refractivity contribution is 6.32. The molecule has 12 heteroatoms. The van der Waals surface area contributed by atoms with Gasteiger partial charge >= 0.3 is 17.8 Å². The van der Waals surface area contributed by atoms with Crippen molar-refractivity contribution < 1.29 is 32.2 Å². The van der Waals surface area contributed by atoms with Crippen LogP contribution in [0.1, 0.15) is 19.0 Å². The fourth-order valence-corrected chi connectivity index (χ4v) is 2.73. The van der Waals surface area contributed by atoms with E-state index in [1.165, 1.54) is 11.9 Å². The number of nitrogens with zero attached hydrogens (tertiary/aromatic N) is 1. The smallest absolute Gasteiger partial charge is 0.431 e. The molecule has 2 unspecified atom stereocenters. The van der Waals surface area contributed by atoms with Crippen LogP contribution in [0.25, 0.3) is 5.69 Å². The van der Waals surface area contributed by atoms with Gasteiger partial charge in [0.1, 0.15) is 28.8 Å². The number of aliphatic carboxylic acids is 1. The zero-order valence-corrected chi connectivity index (χ0v) is 14.7. The van der Waals surface area contributed by atoms with Crippen LogP contribution in [-0.2, 0) is 11.0 Å². The number of halogens is 5. The Balaban J connectivity index is 2.06. The van der Waals surface area contributed by atoms with Crippen molar-refractivity contribution in [2.24, 2.45) is 5.41 Å². The van der Waals surface area contributed by atoms with E-state index in [1.807, 2.05) is 0 Å². The van der Waals surface area contributed by atoms with E-state index in [-0.39, 0.29) is 27.8 Å². The van der Waals surface area contributed by atoms with Crippen LogP contribution in [0.3, 0.4) is 0 Å². The second-order valence-electron chi connectivity index (χ2n) is 6.43. The molecule has 2 aromatic rings. The van der Waals surface area contributed by atoms with Crippen molar-refractivity contribution in [3.05, 3.63) is 55.6 Å². The Morgan fingerprint density at radius 2 is 2.00 bits per heavy atom. The minimum absolute atomic E-state index is 0.109. The lowest BCUT2D eigenvalue weighted by Gasteiger charge is -2.14. The predicted molar refractivity (Wildman–Crippen MR) is 87.4 cm³/mol. The Hall–Kier alpha value is -2.82. The molecule has 1 aromatic carbocycles. The Morgan fingerprint density at radius 3 is 2.50 bits per heavy atom. The number of ether oxygens (including phenoxy) is 1. The quantitative estimate of drug-likeness (QED) is 0.737. The fraction of sp³-hybridized carbons (Fsp3) is 0.312. The summed E-state index contributed by atoms with van der Waals surface area (Å²) >= 11 is 5.86. The molecule has 150 valence electrons. The Kier molecular flexibility index (Phi) is 4.53. The maximum Gasteiger partial charge on any atom is 0.431 e. The first-order valence-corrected chi connectivity index (χ1v) is 8.05. The summed E-state index contributed by atoms with van der Waals surface area (Å²) in [4.78, 5) is 36.6. The largest absolute Gasteiger partial charge is 0.488 e. The number of carboxylic acid groups (broad SMARTS) is 1. The number of carboxylic acids is 1. The topological polar surface area (TPSA) is 101 Å². The lowest BCUT2D eigenvalue weighted by Crippen LogP contribution is -2.36. The van der Waals surface area contributed by atoms with E-state index in [2.05, 4.69) is 0 Å². The van der Waals surface area contributed by atoms with E-state index in [0.29, 0.717) is 6.07 Å². The summed E-state index contributed by atoms with van der Waals surface area (Å²) in [5.74, 6) is -2.51. The predicted octanol–water partition coefficient (Wildman–Crippen LogP) is 2.58. The second-order valence-corrected chi connectivity index (χ2v) is 6.83. The number of nitrogens with one attached hydrogen (secondary N) is 1. The summed E-state index contributed by atoms with van der Waals surface area (Å²) in [6, 6.07) is 1.66. The van der Waals surface area contributed by atoms with E-state index in [9.17, 15) is 31.9 Å². The molecule has 1 heterocycles. The van der Waals surface area contributed by atoms with Crippen LogP contribution in [0.15, 0.2) is 27.8 Å². The first-order valence-electron chi connectivity index (χ1n) is 7.67. The van der Waals surface area contributed by atoms with E-state index in [0.717, 1.165) is 6.07 Å². The van der Waals surface area contributed by atoms with Crippen molar-refractivity contribution >= 4 is 17.6 Å². The molecule has 1 aliphatic carbocycles. The number of carbonyl (C=O) groups is 1. The summed E-state index contributed by atoms with van der Waals surface area (Å²) in [5.41, 5.74) is -6.41. The zero-order valence-electron chi connectivity index (χ0n) is 13.9. The van der Waals surface area contributed by atoms with Gasteiger partial charge in [-0.25, -0.2) is 13.8 Å².